The number of carbonyl (C=O) groups is 1. The second-order valence-corrected chi connectivity index (χ2v) is 4.25. The topological polar surface area (TPSA) is 77.2 Å². The van der Waals surface area contributed by atoms with Crippen molar-refractivity contribution < 1.29 is 14.6 Å². The Morgan fingerprint density at radius 3 is 2.75 bits per heavy atom. The van der Waals surface area contributed by atoms with E-state index in [1.807, 2.05) is 0 Å². The summed E-state index contributed by atoms with van der Waals surface area (Å²) in [5.74, 6) is 0. The summed E-state index contributed by atoms with van der Waals surface area (Å²) < 4.78 is 6.50. The van der Waals surface area contributed by atoms with Gasteiger partial charge in [-0.05, 0) is 13.8 Å². The number of carbonyl (C=O) groups excluding carboxylic acids is 1. The highest BCUT2D eigenvalue weighted by Gasteiger charge is 2.19. The van der Waals surface area contributed by atoms with Crippen LogP contribution in [0.1, 0.15) is 30.0 Å². The molecule has 1 rings (SSSR count). The molecule has 0 aliphatic carbocycles. The van der Waals surface area contributed by atoms with Crippen LogP contribution < -0.4 is 0 Å². The molecule has 0 saturated heterocycles. The fraction of sp³-hybridized carbons (Fsp3) is 0.700. The first-order valence-corrected chi connectivity index (χ1v) is 5.07. The quantitative estimate of drug-likeness (QED) is 0.695. The van der Waals surface area contributed by atoms with Gasteiger partial charge in [-0.1, -0.05) is 5.21 Å². The van der Waals surface area contributed by atoms with Crippen molar-refractivity contribution in [2.24, 2.45) is 0 Å². The summed E-state index contributed by atoms with van der Waals surface area (Å²) in [5.41, 5.74) is 0.107. The lowest BCUT2D eigenvalue weighted by molar-refractivity contribution is 0.0557. The highest BCUT2D eigenvalue weighted by molar-refractivity contribution is 5.73. The molecule has 1 aromatic rings. The zero-order chi connectivity index (χ0) is 12.2. The van der Waals surface area contributed by atoms with Gasteiger partial charge in [-0.25, -0.2) is 4.68 Å². The Morgan fingerprint density at radius 1 is 1.56 bits per heavy atom. The van der Waals surface area contributed by atoms with E-state index >= 15 is 0 Å². The van der Waals surface area contributed by atoms with E-state index < -0.39 is 5.60 Å². The summed E-state index contributed by atoms with van der Waals surface area (Å²) in [6.07, 6.45) is 1.21. The predicted molar refractivity (Wildman–Crippen MR) is 57.3 cm³/mol. The molecule has 0 atom stereocenters. The van der Waals surface area contributed by atoms with Crippen LogP contribution in [0.5, 0.6) is 0 Å². The molecule has 90 valence electrons. The lowest BCUT2D eigenvalue weighted by Gasteiger charge is -2.18. The third-order valence-corrected chi connectivity index (χ3v) is 2.06. The van der Waals surface area contributed by atoms with Crippen LogP contribution in [-0.4, -0.2) is 45.7 Å². The Labute approximate surface area is 94.2 Å². The zero-order valence-electron chi connectivity index (χ0n) is 9.80. The predicted octanol–water partition coefficient (Wildman–Crippen LogP) is 0.0504. The summed E-state index contributed by atoms with van der Waals surface area (Å²) >= 11 is 0. The molecule has 0 spiro atoms. The maximum absolute atomic E-state index is 10.8. The summed E-state index contributed by atoms with van der Waals surface area (Å²) in [7, 11) is 1.59. The Hall–Kier alpha value is -1.27. The lowest BCUT2D eigenvalue weighted by atomic mass is 10.1. The molecule has 0 aliphatic heterocycles. The van der Waals surface area contributed by atoms with E-state index in [-0.39, 0.29) is 0 Å². The van der Waals surface area contributed by atoms with Crippen LogP contribution in [0.3, 0.4) is 0 Å². The normalized spacial score (nSPS) is 11.8. The number of aliphatic hydroxyl groups is 1. The van der Waals surface area contributed by atoms with E-state index in [1.165, 1.54) is 0 Å². The van der Waals surface area contributed by atoms with Gasteiger partial charge < -0.3 is 9.84 Å². The van der Waals surface area contributed by atoms with Crippen LogP contribution >= 0.6 is 0 Å². The van der Waals surface area contributed by atoms with Crippen LogP contribution in [0.25, 0.3) is 0 Å². The number of methoxy groups -OCH3 is 1. The van der Waals surface area contributed by atoms with E-state index in [4.69, 9.17) is 4.74 Å². The average Bonchev–Trinajstić information content (AvgIpc) is 2.55. The number of hydrogen-bond acceptors (Lipinski definition) is 5. The van der Waals surface area contributed by atoms with Gasteiger partial charge in [0.1, 0.15) is 5.69 Å². The van der Waals surface area contributed by atoms with Crippen LogP contribution in [0.15, 0.2) is 0 Å². The Kier molecular flexibility index (Phi) is 4.14. The van der Waals surface area contributed by atoms with Gasteiger partial charge in [-0.15, -0.1) is 5.10 Å². The minimum atomic E-state index is -0.893. The fourth-order valence-electron chi connectivity index (χ4n) is 1.39. The van der Waals surface area contributed by atoms with Gasteiger partial charge in [-0.3, -0.25) is 4.79 Å². The largest absolute Gasteiger partial charge is 0.389 e. The number of ether oxygens (including phenoxy) is 1. The minimum absolute atomic E-state index is 0.298. The molecule has 0 unspecified atom stereocenters. The molecule has 0 saturated carbocycles. The third kappa shape index (κ3) is 3.39. The molecular formula is C10H17N3O3. The molecule has 16 heavy (non-hydrogen) atoms. The summed E-state index contributed by atoms with van der Waals surface area (Å²) in [6, 6.07) is 0. The van der Waals surface area contributed by atoms with E-state index in [0.29, 0.717) is 37.2 Å². The molecule has 1 aromatic heterocycles. The van der Waals surface area contributed by atoms with Crippen LogP contribution in [0.2, 0.25) is 0 Å². The molecule has 0 amide bonds. The van der Waals surface area contributed by atoms with Gasteiger partial charge in [0.25, 0.3) is 0 Å². The zero-order valence-corrected chi connectivity index (χ0v) is 9.80. The van der Waals surface area contributed by atoms with Crippen molar-refractivity contribution in [3.63, 3.8) is 0 Å². The highest BCUT2D eigenvalue weighted by atomic mass is 16.5. The van der Waals surface area contributed by atoms with Gasteiger partial charge in [0.2, 0.25) is 0 Å². The number of aldehydes is 1. The van der Waals surface area contributed by atoms with E-state index in [9.17, 15) is 9.90 Å². The lowest BCUT2D eigenvalue weighted by Crippen LogP contribution is -2.28. The highest BCUT2D eigenvalue weighted by Crippen LogP contribution is 2.10. The van der Waals surface area contributed by atoms with Crippen molar-refractivity contribution in [2.75, 3.05) is 13.7 Å². The Morgan fingerprint density at radius 2 is 2.25 bits per heavy atom. The van der Waals surface area contributed by atoms with E-state index in [2.05, 4.69) is 10.3 Å². The van der Waals surface area contributed by atoms with Crippen molar-refractivity contribution in [2.45, 2.75) is 32.4 Å². The smallest absolute Gasteiger partial charge is 0.172 e. The molecule has 0 aliphatic rings. The first-order chi connectivity index (χ1) is 7.48. The minimum Gasteiger partial charge on any atom is -0.389 e. The molecule has 1 heterocycles. The summed E-state index contributed by atoms with van der Waals surface area (Å²) in [5, 5.41) is 17.3. The molecular weight excluding hydrogens is 210 g/mol. The molecule has 0 radical (unpaired) electrons. The number of rotatable bonds is 6. The van der Waals surface area contributed by atoms with Gasteiger partial charge in [0, 0.05) is 13.5 Å². The maximum atomic E-state index is 10.8. The Bertz CT molecular complexity index is 355. The molecule has 0 bridgehead atoms. The number of hydrogen-bond donors (Lipinski definition) is 1. The first kappa shape index (κ1) is 12.8. The second kappa shape index (κ2) is 5.18. The van der Waals surface area contributed by atoms with Crippen LogP contribution in [-0.2, 0) is 17.7 Å². The number of nitrogens with zero attached hydrogens (tertiary/aromatic N) is 3. The Balaban J connectivity index is 2.90. The average molecular weight is 227 g/mol. The van der Waals surface area contributed by atoms with Crippen molar-refractivity contribution in [1.29, 1.82) is 0 Å². The van der Waals surface area contributed by atoms with Crippen molar-refractivity contribution in [1.82, 2.24) is 15.0 Å². The molecule has 0 aromatic carbocycles. The van der Waals surface area contributed by atoms with Crippen LogP contribution in [0, 0.1) is 0 Å². The fourth-order valence-corrected chi connectivity index (χ4v) is 1.39. The van der Waals surface area contributed by atoms with Crippen molar-refractivity contribution >= 4 is 6.29 Å². The monoisotopic (exact) mass is 227 g/mol. The van der Waals surface area contributed by atoms with Gasteiger partial charge in [0.15, 0.2) is 6.29 Å². The summed E-state index contributed by atoms with van der Waals surface area (Å²) in [4.78, 5) is 10.8. The van der Waals surface area contributed by atoms with E-state index in [0.717, 1.165) is 0 Å². The molecule has 6 heteroatoms. The number of aromatic nitrogens is 3. The SMILES string of the molecule is COCCc1c(C=O)nnn1CC(C)(C)O. The molecule has 6 nitrogen and oxygen atoms in total. The maximum Gasteiger partial charge on any atom is 0.172 e. The third-order valence-electron chi connectivity index (χ3n) is 2.06. The molecule has 1 N–H and O–H groups in total. The van der Waals surface area contributed by atoms with Gasteiger partial charge in [-0.2, -0.15) is 0 Å². The van der Waals surface area contributed by atoms with Gasteiger partial charge in [0.05, 0.1) is 24.4 Å². The van der Waals surface area contributed by atoms with E-state index in [1.54, 1.807) is 25.6 Å². The van der Waals surface area contributed by atoms with Gasteiger partial charge >= 0.3 is 0 Å². The van der Waals surface area contributed by atoms with Crippen LogP contribution in [0.4, 0.5) is 0 Å². The first-order valence-electron chi connectivity index (χ1n) is 5.07. The van der Waals surface area contributed by atoms with Crippen molar-refractivity contribution in [3.8, 4) is 0 Å². The van der Waals surface area contributed by atoms with Crippen molar-refractivity contribution in [3.05, 3.63) is 11.4 Å². The molecule has 0 fully saturated rings. The summed E-state index contributed by atoms with van der Waals surface area (Å²) in [6.45, 7) is 4.14. The standard InChI is InChI=1S/C10H17N3O3/c1-10(2,15)7-13-9(4-5-16-3)8(6-14)11-12-13/h6,15H,4-5,7H2,1-3H3. The second-order valence-electron chi connectivity index (χ2n) is 4.25.